The van der Waals surface area contributed by atoms with E-state index in [0.29, 0.717) is 6.61 Å². The van der Waals surface area contributed by atoms with Gasteiger partial charge in [-0.25, -0.2) is 0 Å². The average molecular weight is 346 g/mol. The summed E-state index contributed by atoms with van der Waals surface area (Å²) in [5.41, 5.74) is 0.670. The first-order valence-electron chi connectivity index (χ1n) is 8.09. The maximum absolute atomic E-state index is 12.5. The number of nitrogens with zero attached hydrogens (tertiary/aromatic N) is 1. The van der Waals surface area contributed by atoms with Crippen molar-refractivity contribution in [1.29, 1.82) is 0 Å². The molecule has 1 aromatic carbocycles. The van der Waals surface area contributed by atoms with Gasteiger partial charge in [0.15, 0.2) is 0 Å². The number of rotatable bonds is 6. The van der Waals surface area contributed by atoms with Gasteiger partial charge in [-0.15, -0.1) is 0 Å². The third-order valence-electron chi connectivity index (χ3n) is 4.27. The quantitative estimate of drug-likeness (QED) is 0.732. The van der Waals surface area contributed by atoms with Gasteiger partial charge in [-0.2, -0.15) is 0 Å². The van der Waals surface area contributed by atoms with Gasteiger partial charge in [-0.05, 0) is 31.0 Å². The van der Waals surface area contributed by atoms with Crippen molar-refractivity contribution in [2.45, 2.75) is 25.4 Å². The normalized spacial score (nSPS) is 19.2. The highest BCUT2D eigenvalue weighted by Gasteiger charge is 2.37. The second-order valence-electron chi connectivity index (χ2n) is 6.02. The van der Waals surface area contributed by atoms with Crippen molar-refractivity contribution >= 4 is 23.7 Å². The minimum atomic E-state index is -1.01. The molecule has 1 fully saturated rings. The van der Waals surface area contributed by atoms with Gasteiger partial charge in [0.1, 0.15) is 0 Å². The van der Waals surface area contributed by atoms with E-state index in [1.165, 1.54) is 18.2 Å². The molecule has 25 heavy (non-hydrogen) atoms. The second kappa shape index (κ2) is 7.02. The number of hydrogen-bond donors (Lipinski definition) is 2. The number of imide groups is 1. The molecule has 1 saturated heterocycles. The number of aliphatic carboxylic acids is 1. The number of nitrogens with one attached hydrogen (secondary N) is 1. The predicted molar refractivity (Wildman–Crippen MR) is 85.4 cm³/mol. The summed E-state index contributed by atoms with van der Waals surface area (Å²) in [6.07, 6.45) is 1.39. The van der Waals surface area contributed by atoms with E-state index in [0.717, 1.165) is 17.7 Å². The molecule has 132 valence electrons. The summed E-state index contributed by atoms with van der Waals surface area (Å²) in [6.45, 7) is 0.838. The Morgan fingerprint density at radius 1 is 1.24 bits per heavy atom. The molecule has 0 radical (unpaired) electrons. The van der Waals surface area contributed by atoms with Crippen LogP contribution in [0.2, 0.25) is 0 Å². The molecule has 1 unspecified atom stereocenters. The molecule has 0 saturated carbocycles. The Labute approximate surface area is 143 Å². The fourth-order valence-electron chi connectivity index (χ4n) is 2.97. The number of fused-ring (bicyclic) bond motifs is 1. The summed E-state index contributed by atoms with van der Waals surface area (Å²) in [7, 11) is 0. The van der Waals surface area contributed by atoms with Gasteiger partial charge in [0.25, 0.3) is 17.7 Å². The Bertz CT molecular complexity index is 739. The second-order valence-corrected chi connectivity index (χ2v) is 6.02. The van der Waals surface area contributed by atoms with Crippen LogP contribution >= 0.6 is 0 Å². The summed E-state index contributed by atoms with van der Waals surface area (Å²) in [4.78, 5) is 48.6. The van der Waals surface area contributed by atoms with Gasteiger partial charge in [0.05, 0.1) is 30.2 Å². The maximum atomic E-state index is 12.5. The van der Waals surface area contributed by atoms with E-state index in [1.807, 2.05) is 0 Å². The third-order valence-corrected chi connectivity index (χ3v) is 4.27. The zero-order valence-electron chi connectivity index (χ0n) is 13.5. The molecule has 3 rings (SSSR count). The first kappa shape index (κ1) is 17.1. The van der Waals surface area contributed by atoms with Crippen LogP contribution in [0.15, 0.2) is 18.2 Å². The first-order valence-corrected chi connectivity index (χ1v) is 8.09. The van der Waals surface area contributed by atoms with Crippen LogP contribution in [-0.4, -0.2) is 59.5 Å². The molecule has 8 nitrogen and oxygen atoms in total. The van der Waals surface area contributed by atoms with E-state index >= 15 is 0 Å². The molecular weight excluding hydrogens is 328 g/mol. The van der Waals surface area contributed by atoms with Crippen molar-refractivity contribution < 1.29 is 29.0 Å². The third kappa shape index (κ3) is 3.53. The van der Waals surface area contributed by atoms with E-state index in [2.05, 4.69) is 5.32 Å². The lowest BCUT2D eigenvalue weighted by Gasteiger charge is -2.17. The van der Waals surface area contributed by atoms with Crippen LogP contribution < -0.4 is 5.32 Å². The number of carboxylic acids is 1. The SMILES string of the molecule is O=C(O)CCNC(=O)c1ccc2c(c1)C(=O)N(CC1CCCO1)C2=O. The molecule has 2 N–H and O–H groups in total. The maximum Gasteiger partial charge on any atom is 0.305 e. The highest BCUT2D eigenvalue weighted by Crippen LogP contribution is 2.26. The van der Waals surface area contributed by atoms with Crippen LogP contribution in [0.4, 0.5) is 0 Å². The monoisotopic (exact) mass is 346 g/mol. The van der Waals surface area contributed by atoms with Crippen LogP contribution in [-0.2, 0) is 9.53 Å². The molecule has 0 spiro atoms. The summed E-state index contributed by atoms with van der Waals surface area (Å²) in [5.74, 6) is -2.31. The number of carbonyl (C=O) groups is 4. The van der Waals surface area contributed by atoms with E-state index in [-0.39, 0.29) is 48.2 Å². The van der Waals surface area contributed by atoms with Crippen LogP contribution in [0, 0.1) is 0 Å². The van der Waals surface area contributed by atoms with Crippen molar-refractivity contribution in [3.63, 3.8) is 0 Å². The van der Waals surface area contributed by atoms with Crippen molar-refractivity contribution in [2.75, 3.05) is 19.7 Å². The van der Waals surface area contributed by atoms with Crippen LogP contribution in [0.3, 0.4) is 0 Å². The fourth-order valence-corrected chi connectivity index (χ4v) is 2.97. The standard InChI is InChI=1S/C17H18N2O6/c20-14(21)5-6-18-15(22)10-3-4-12-13(8-10)17(24)19(16(12)23)9-11-2-1-7-25-11/h3-4,8,11H,1-2,5-7,9H2,(H,18,22)(H,20,21). The Balaban J connectivity index is 1.72. The number of amides is 3. The van der Waals surface area contributed by atoms with Gasteiger partial charge in [0.2, 0.25) is 0 Å². The molecule has 2 heterocycles. The number of ether oxygens (including phenoxy) is 1. The van der Waals surface area contributed by atoms with Crippen LogP contribution in [0.5, 0.6) is 0 Å². The lowest BCUT2D eigenvalue weighted by atomic mass is 10.1. The zero-order chi connectivity index (χ0) is 18.0. The fraction of sp³-hybridized carbons (Fsp3) is 0.412. The molecule has 2 aliphatic rings. The zero-order valence-corrected chi connectivity index (χ0v) is 13.5. The summed E-state index contributed by atoms with van der Waals surface area (Å²) < 4.78 is 5.48. The molecule has 0 bridgehead atoms. The molecular formula is C17H18N2O6. The smallest absolute Gasteiger partial charge is 0.305 e. The van der Waals surface area contributed by atoms with Crippen molar-refractivity contribution in [3.8, 4) is 0 Å². The van der Waals surface area contributed by atoms with Crippen molar-refractivity contribution in [3.05, 3.63) is 34.9 Å². The molecule has 1 atom stereocenters. The first-order chi connectivity index (χ1) is 12.0. The summed E-state index contributed by atoms with van der Waals surface area (Å²) in [6, 6.07) is 4.29. The molecule has 8 heteroatoms. The predicted octanol–water partition coefficient (Wildman–Crippen LogP) is 0.666. The lowest BCUT2D eigenvalue weighted by Crippen LogP contribution is -2.36. The van der Waals surface area contributed by atoms with Gasteiger partial charge in [-0.3, -0.25) is 24.1 Å². The van der Waals surface area contributed by atoms with Crippen molar-refractivity contribution in [2.24, 2.45) is 0 Å². The summed E-state index contributed by atoms with van der Waals surface area (Å²) >= 11 is 0. The Morgan fingerprint density at radius 3 is 2.68 bits per heavy atom. The Morgan fingerprint density at radius 2 is 2.00 bits per heavy atom. The van der Waals surface area contributed by atoms with E-state index in [9.17, 15) is 19.2 Å². The molecule has 1 aromatic rings. The number of benzene rings is 1. The highest BCUT2D eigenvalue weighted by molar-refractivity contribution is 6.22. The average Bonchev–Trinajstić information content (AvgIpc) is 3.17. The highest BCUT2D eigenvalue weighted by atomic mass is 16.5. The van der Waals surface area contributed by atoms with E-state index < -0.39 is 17.8 Å². The van der Waals surface area contributed by atoms with Crippen LogP contribution in [0.1, 0.15) is 50.3 Å². The molecule has 0 aromatic heterocycles. The van der Waals surface area contributed by atoms with E-state index in [1.54, 1.807) is 0 Å². The topological polar surface area (TPSA) is 113 Å². The number of hydrogen-bond acceptors (Lipinski definition) is 5. The van der Waals surface area contributed by atoms with Gasteiger partial charge >= 0.3 is 5.97 Å². The largest absolute Gasteiger partial charge is 0.481 e. The molecule has 3 amide bonds. The number of carbonyl (C=O) groups excluding carboxylic acids is 3. The van der Waals surface area contributed by atoms with E-state index in [4.69, 9.17) is 9.84 Å². The minimum absolute atomic E-state index is 0.0106. The van der Waals surface area contributed by atoms with Gasteiger partial charge < -0.3 is 15.2 Å². The van der Waals surface area contributed by atoms with Crippen LogP contribution in [0.25, 0.3) is 0 Å². The number of carboxylic acid groups (broad SMARTS) is 1. The lowest BCUT2D eigenvalue weighted by molar-refractivity contribution is -0.136. The van der Waals surface area contributed by atoms with Gasteiger partial charge in [-0.1, -0.05) is 0 Å². The Hall–Kier alpha value is -2.74. The van der Waals surface area contributed by atoms with Gasteiger partial charge in [0, 0.05) is 18.7 Å². The Kier molecular flexibility index (Phi) is 4.80. The minimum Gasteiger partial charge on any atom is -0.481 e. The van der Waals surface area contributed by atoms with Crippen molar-refractivity contribution in [1.82, 2.24) is 10.2 Å². The molecule has 2 aliphatic heterocycles. The summed E-state index contributed by atoms with van der Waals surface area (Å²) in [5, 5.41) is 11.1. The molecule has 0 aliphatic carbocycles.